The van der Waals surface area contributed by atoms with Crippen LogP contribution in [0.3, 0.4) is 0 Å². The molecule has 0 radical (unpaired) electrons. The Balaban J connectivity index is 1.61. The summed E-state index contributed by atoms with van der Waals surface area (Å²) in [5.41, 5.74) is 1.33. The Kier molecular flexibility index (Phi) is 3.16. The lowest BCUT2D eigenvalue weighted by atomic mass is 9.99. The summed E-state index contributed by atoms with van der Waals surface area (Å²) in [5.74, 6) is 0.345. The molecular formula is C13H18N2OS. The van der Waals surface area contributed by atoms with Crippen molar-refractivity contribution in [2.24, 2.45) is 0 Å². The molecule has 1 amide bonds. The number of carbonyl (C=O) groups excluding carboxylic acids is 1. The van der Waals surface area contributed by atoms with E-state index in [0.29, 0.717) is 24.4 Å². The zero-order chi connectivity index (χ0) is 11.7. The van der Waals surface area contributed by atoms with Crippen LogP contribution in [0.5, 0.6) is 0 Å². The van der Waals surface area contributed by atoms with Crippen LogP contribution in [0.15, 0.2) is 16.8 Å². The van der Waals surface area contributed by atoms with Crippen molar-refractivity contribution in [1.82, 2.24) is 10.2 Å². The van der Waals surface area contributed by atoms with Gasteiger partial charge in [-0.15, -0.1) is 0 Å². The minimum Gasteiger partial charge on any atom is -0.338 e. The maximum atomic E-state index is 11.9. The average molecular weight is 250 g/mol. The molecule has 2 fully saturated rings. The summed E-state index contributed by atoms with van der Waals surface area (Å²) >= 11 is 1.73. The Morgan fingerprint density at radius 1 is 1.47 bits per heavy atom. The van der Waals surface area contributed by atoms with E-state index in [4.69, 9.17) is 0 Å². The topological polar surface area (TPSA) is 32.3 Å². The molecule has 17 heavy (non-hydrogen) atoms. The smallest absolute Gasteiger partial charge is 0.224 e. The molecule has 3 rings (SSSR count). The van der Waals surface area contributed by atoms with Gasteiger partial charge in [0.2, 0.25) is 5.91 Å². The van der Waals surface area contributed by atoms with E-state index < -0.39 is 0 Å². The highest BCUT2D eigenvalue weighted by atomic mass is 32.1. The van der Waals surface area contributed by atoms with E-state index in [9.17, 15) is 4.79 Å². The summed E-state index contributed by atoms with van der Waals surface area (Å²) in [6.45, 7) is 1.87. The quantitative estimate of drug-likeness (QED) is 0.890. The largest absolute Gasteiger partial charge is 0.338 e. The van der Waals surface area contributed by atoms with Gasteiger partial charge in [-0.05, 0) is 41.7 Å². The summed E-state index contributed by atoms with van der Waals surface area (Å²) in [6.07, 6.45) is 4.31. The molecule has 0 aliphatic carbocycles. The molecule has 4 heteroatoms. The minimum atomic E-state index is 0.345. The Labute approximate surface area is 106 Å². The van der Waals surface area contributed by atoms with E-state index >= 15 is 0 Å². The third-order valence-corrected chi connectivity index (χ3v) is 4.61. The lowest BCUT2D eigenvalue weighted by molar-refractivity contribution is -0.129. The van der Waals surface area contributed by atoms with Crippen LogP contribution in [0, 0.1) is 0 Å². The standard InChI is InChI=1S/C13H18N2OS/c16-13-7-11(12-3-1-2-5-15(12)13)14-8-10-4-6-17-9-10/h4,6,9,11-12,14H,1-3,5,7-8H2. The molecule has 3 heterocycles. The first-order valence-electron chi connectivity index (χ1n) is 6.38. The summed E-state index contributed by atoms with van der Waals surface area (Å²) in [4.78, 5) is 14.0. The van der Waals surface area contributed by atoms with Gasteiger partial charge < -0.3 is 10.2 Å². The fourth-order valence-electron chi connectivity index (χ4n) is 2.98. The van der Waals surface area contributed by atoms with Gasteiger partial charge in [0.15, 0.2) is 0 Å². The van der Waals surface area contributed by atoms with Crippen LogP contribution in [-0.2, 0) is 11.3 Å². The van der Waals surface area contributed by atoms with Gasteiger partial charge in [0.1, 0.15) is 0 Å². The molecule has 0 aromatic carbocycles. The van der Waals surface area contributed by atoms with Gasteiger partial charge in [-0.1, -0.05) is 0 Å². The van der Waals surface area contributed by atoms with Crippen molar-refractivity contribution < 1.29 is 4.79 Å². The van der Waals surface area contributed by atoms with E-state index in [1.807, 2.05) is 0 Å². The minimum absolute atomic E-state index is 0.345. The van der Waals surface area contributed by atoms with Crippen LogP contribution in [0.4, 0.5) is 0 Å². The van der Waals surface area contributed by atoms with Crippen molar-refractivity contribution in [2.45, 2.75) is 44.3 Å². The number of thiophene rings is 1. The highest BCUT2D eigenvalue weighted by molar-refractivity contribution is 7.07. The molecule has 2 saturated heterocycles. The lowest BCUT2D eigenvalue weighted by Gasteiger charge is -2.32. The second-order valence-electron chi connectivity index (χ2n) is 4.97. The molecule has 0 bridgehead atoms. The summed E-state index contributed by atoms with van der Waals surface area (Å²) < 4.78 is 0. The molecule has 1 aromatic rings. The highest BCUT2D eigenvalue weighted by Gasteiger charge is 2.40. The highest BCUT2D eigenvalue weighted by Crippen LogP contribution is 2.28. The molecule has 2 aliphatic rings. The normalized spacial score (nSPS) is 28.5. The zero-order valence-electron chi connectivity index (χ0n) is 9.89. The Morgan fingerprint density at radius 2 is 2.41 bits per heavy atom. The molecular weight excluding hydrogens is 232 g/mol. The first-order valence-corrected chi connectivity index (χ1v) is 7.33. The molecule has 0 spiro atoms. The molecule has 0 saturated carbocycles. The number of nitrogens with zero attached hydrogens (tertiary/aromatic N) is 1. The molecule has 1 N–H and O–H groups in total. The maximum absolute atomic E-state index is 11.9. The van der Waals surface area contributed by atoms with Crippen LogP contribution in [0.2, 0.25) is 0 Å². The Hall–Kier alpha value is -0.870. The molecule has 1 aromatic heterocycles. The van der Waals surface area contributed by atoms with Gasteiger partial charge in [-0.25, -0.2) is 0 Å². The molecule has 2 atom stereocenters. The van der Waals surface area contributed by atoms with Crippen molar-refractivity contribution in [1.29, 1.82) is 0 Å². The van der Waals surface area contributed by atoms with Crippen molar-refractivity contribution in [3.05, 3.63) is 22.4 Å². The first kappa shape index (κ1) is 11.2. The average Bonchev–Trinajstić information content (AvgIpc) is 2.96. The number of piperidine rings is 1. The van der Waals surface area contributed by atoms with Crippen LogP contribution in [-0.4, -0.2) is 29.4 Å². The van der Waals surface area contributed by atoms with Gasteiger partial charge in [0.25, 0.3) is 0 Å². The second-order valence-corrected chi connectivity index (χ2v) is 5.75. The van der Waals surface area contributed by atoms with Gasteiger partial charge in [-0.2, -0.15) is 11.3 Å². The van der Waals surface area contributed by atoms with Gasteiger partial charge >= 0.3 is 0 Å². The van der Waals surface area contributed by atoms with Gasteiger partial charge in [-0.3, -0.25) is 4.79 Å². The monoisotopic (exact) mass is 250 g/mol. The number of hydrogen-bond acceptors (Lipinski definition) is 3. The van der Waals surface area contributed by atoms with Crippen LogP contribution in [0.25, 0.3) is 0 Å². The predicted molar refractivity (Wildman–Crippen MR) is 68.9 cm³/mol. The number of amides is 1. The third-order valence-electron chi connectivity index (χ3n) is 3.88. The van der Waals surface area contributed by atoms with E-state index in [2.05, 4.69) is 27.0 Å². The van der Waals surface area contributed by atoms with E-state index in [0.717, 1.165) is 13.1 Å². The maximum Gasteiger partial charge on any atom is 0.224 e. The fourth-order valence-corrected chi connectivity index (χ4v) is 3.65. The number of carbonyl (C=O) groups is 1. The van der Waals surface area contributed by atoms with Crippen molar-refractivity contribution >= 4 is 17.2 Å². The lowest BCUT2D eigenvalue weighted by Crippen LogP contribution is -2.45. The Bertz CT molecular complexity index is 390. The van der Waals surface area contributed by atoms with E-state index in [-0.39, 0.29) is 0 Å². The van der Waals surface area contributed by atoms with Crippen molar-refractivity contribution in [2.75, 3.05) is 6.54 Å². The number of rotatable bonds is 3. The summed E-state index contributed by atoms with van der Waals surface area (Å²) in [7, 11) is 0. The summed E-state index contributed by atoms with van der Waals surface area (Å²) in [6, 6.07) is 2.96. The number of fused-ring (bicyclic) bond motifs is 1. The molecule has 3 nitrogen and oxygen atoms in total. The second kappa shape index (κ2) is 4.78. The van der Waals surface area contributed by atoms with Crippen LogP contribution < -0.4 is 5.32 Å². The SMILES string of the molecule is O=C1CC(NCc2ccsc2)C2CCCCN12. The third kappa shape index (κ3) is 2.24. The zero-order valence-corrected chi connectivity index (χ0v) is 10.7. The van der Waals surface area contributed by atoms with Gasteiger partial charge in [0.05, 0.1) is 0 Å². The number of nitrogens with one attached hydrogen (secondary N) is 1. The molecule has 92 valence electrons. The molecule has 2 aliphatic heterocycles. The van der Waals surface area contributed by atoms with E-state index in [1.165, 1.54) is 24.8 Å². The first-order chi connectivity index (χ1) is 8.34. The van der Waals surface area contributed by atoms with Crippen LogP contribution >= 0.6 is 11.3 Å². The van der Waals surface area contributed by atoms with Gasteiger partial charge in [0, 0.05) is 31.6 Å². The van der Waals surface area contributed by atoms with E-state index in [1.54, 1.807) is 11.3 Å². The van der Waals surface area contributed by atoms with Crippen LogP contribution in [0.1, 0.15) is 31.2 Å². The van der Waals surface area contributed by atoms with Crippen molar-refractivity contribution in [3.8, 4) is 0 Å². The fraction of sp³-hybridized carbons (Fsp3) is 0.615. The van der Waals surface area contributed by atoms with Crippen molar-refractivity contribution in [3.63, 3.8) is 0 Å². The number of hydrogen-bond donors (Lipinski definition) is 1. The summed E-state index contributed by atoms with van der Waals surface area (Å²) in [5, 5.41) is 7.83. The molecule has 2 unspecified atom stereocenters. The Morgan fingerprint density at radius 3 is 3.24 bits per heavy atom. The predicted octanol–water partition coefficient (Wildman–Crippen LogP) is 1.99.